The summed E-state index contributed by atoms with van der Waals surface area (Å²) < 4.78 is 24.1. The van der Waals surface area contributed by atoms with Crippen molar-refractivity contribution < 1.29 is 19.0 Å². The summed E-state index contributed by atoms with van der Waals surface area (Å²) in [6, 6.07) is 15.0. The summed E-state index contributed by atoms with van der Waals surface area (Å²) in [5.74, 6) is 1.97. The first-order valence-corrected chi connectivity index (χ1v) is 11.8. The molecule has 0 saturated heterocycles. The number of aliphatic hydroxyl groups is 1. The fourth-order valence-corrected chi connectivity index (χ4v) is 5.73. The number of allylic oxidation sites excluding steroid dienone is 1. The second-order valence-electron chi connectivity index (χ2n) is 9.58. The minimum Gasteiger partial charge on any atom is -0.493 e. The Hall–Kier alpha value is -2.33. The molecule has 0 heterocycles. The molecular weight excluding hydrogens is 403 g/mol. The first kappa shape index (κ1) is 22.8. The van der Waals surface area contributed by atoms with Crippen LogP contribution in [0.5, 0.6) is 11.5 Å². The monoisotopic (exact) mass is 438 g/mol. The Morgan fingerprint density at radius 1 is 1.19 bits per heavy atom. The predicted molar refractivity (Wildman–Crippen MR) is 126 cm³/mol. The molecule has 4 rings (SSSR count). The van der Waals surface area contributed by atoms with Crippen molar-refractivity contribution >= 4 is 0 Å². The molecule has 3 nitrogen and oxygen atoms in total. The van der Waals surface area contributed by atoms with E-state index in [4.69, 9.17) is 9.47 Å². The Kier molecular flexibility index (Phi) is 6.90. The molecule has 0 aliphatic heterocycles. The van der Waals surface area contributed by atoms with E-state index in [-0.39, 0.29) is 18.0 Å². The third-order valence-corrected chi connectivity index (χ3v) is 7.15. The average Bonchev–Trinajstić information content (AvgIpc) is 2.79. The highest BCUT2D eigenvalue weighted by atomic mass is 19.1. The Morgan fingerprint density at radius 3 is 2.66 bits per heavy atom. The van der Waals surface area contributed by atoms with E-state index in [2.05, 4.69) is 62.4 Å². The van der Waals surface area contributed by atoms with Crippen molar-refractivity contribution in [2.45, 2.75) is 63.4 Å². The average molecular weight is 439 g/mol. The summed E-state index contributed by atoms with van der Waals surface area (Å²) in [6.07, 6.45) is 5.73. The summed E-state index contributed by atoms with van der Waals surface area (Å²) in [4.78, 5) is 0. The molecule has 2 aliphatic carbocycles. The van der Waals surface area contributed by atoms with Gasteiger partial charge in [-0.05, 0) is 71.9 Å². The number of hydrogen-bond acceptors (Lipinski definition) is 3. The van der Waals surface area contributed by atoms with E-state index >= 15 is 0 Å². The maximum Gasteiger partial charge on any atom is 0.161 e. The molecule has 0 amide bonds. The molecule has 0 bridgehead atoms. The number of hydrogen-bond donors (Lipinski definition) is 1. The zero-order valence-corrected chi connectivity index (χ0v) is 19.4. The first-order valence-electron chi connectivity index (χ1n) is 11.8. The molecule has 0 spiro atoms. The molecule has 2 unspecified atom stereocenters. The van der Waals surface area contributed by atoms with Crippen LogP contribution in [-0.4, -0.2) is 31.6 Å². The van der Waals surface area contributed by atoms with Gasteiger partial charge in [0.05, 0.1) is 26.5 Å². The molecule has 1 N–H and O–H groups in total. The molecule has 0 radical (unpaired) electrons. The number of aliphatic hydroxyl groups excluding tert-OH is 1. The standard InChI is InChI=1S/C28H35FO3/c1-19(2)14-21-18-28(22-8-5-4-6-9-22)11-10-20-15-27(32-13-7-12-29)26(31-3)16-23(20)24(28)17-25(21)30/h4-6,8-9,14-16,19,24-25,30H,7,10-13,17-18H2,1-3H3/b21-14+/t24?,25-,28?/m1/s1. The quantitative estimate of drug-likeness (QED) is 0.417. The fourth-order valence-electron chi connectivity index (χ4n) is 5.73. The molecule has 0 aromatic heterocycles. The van der Waals surface area contributed by atoms with Crippen molar-refractivity contribution in [1.29, 1.82) is 0 Å². The lowest BCUT2D eigenvalue weighted by Gasteiger charge is -2.51. The van der Waals surface area contributed by atoms with Gasteiger partial charge in [0.2, 0.25) is 0 Å². The maximum absolute atomic E-state index is 12.5. The number of benzene rings is 2. The lowest BCUT2D eigenvalue weighted by atomic mass is 9.53. The Morgan fingerprint density at radius 2 is 1.97 bits per heavy atom. The lowest BCUT2D eigenvalue weighted by Crippen LogP contribution is -2.45. The second kappa shape index (κ2) is 9.66. The normalized spacial score (nSPS) is 26.0. The molecule has 4 heteroatoms. The number of alkyl halides is 1. The highest BCUT2D eigenvalue weighted by Crippen LogP contribution is 2.57. The highest BCUT2D eigenvalue weighted by molar-refractivity contribution is 5.53. The van der Waals surface area contributed by atoms with Gasteiger partial charge in [0.15, 0.2) is 11.5 Å². The number of fused-ring (bicyclic) bond motifs is 3. The van der Waals surface area contributed by atoms with Gasteiger partial charge in [-0.15, -0.1) is 0 Å². The van der Waals surface area contributed by atoms with E-state index < -0.39 is 6.10 Å². The van der Waals surface area contributed by atoms with Crippen LogP contribution in [0.4, 0.5) is 4.39 Å². The molecular formula is C28H35FO3. The van der Waals surface area contributed by atoms with Crippen LogP contribution in [0.15, 0.2) is 54.1 Å². The predicted octanol–water partition coefficient (Wildman–Crippen LogP) is 6.14. The second-order valence-corrected chi connectivity index (χ2v) is 9.58. The first-order chi connectivity index (χ1) is 15.5. The van der Waals surface area contributed by atoms with E-state index in [0.29, 0.717) is 36.9 Å². The van der Waals surface area contributed by atoms with E-state index in [1.807, 2.05) is 0 Å². The van der Waals surface area contributed by atoms with Gasteiger partial charge < -0.3 is 14.6 Å². The number of rotatable bonds is 7. The number of methoxy groups -OCH3 is 1. The number of aryl methyl sites for hydroxylation is 1. The minimum atomic E-state index is -0.434. The highest BCUT2D eigenvalue weighted by Gasteiger charge is 2.49. The van der Waals surface area contributed by atoms with Crippen LogP contribution >= 0.6 is 0 Å². The van der Waals surface area contributed by atoms with Crippen LogP contribution in [0.1, 0.15) is 62.1 Å². The third kappa shape index (κ3) is 4.30. The number of ether oxygens (including phenoxy) is 2. The van der Waals surface area contributed by atoms with E-state index in [1.54, 1.807) is 7.11 Å². The van der Waals surface area contributed by atoms with Crippen LogP contribution < -0.4 is 9.47 Å². The van der Waals surface area contributed by atoms with Crippen molar-refractivity contribution in [3.05, 3.63) is 70.8 Å². The molecule has 1 saturated carbocycles. The van der Waals surface area contributed by atoms with Crippen molar-refractivity contribution in [3.8, 4) is 11.5 Å². The fraction of sp³-hybridized carbons (Fsp3) is 0.500. The van der Waals surface area contributed by atoms with Gasteiger partial charge in [-0.2, -0.15) is 0 Å². The summed E-state index contributed by atoms with van der Waals surface area (Å²) in [7, 11) is 1.65. The third-order valence-electron chi connectivity index (χ3n) is 7.15. The van der Waals surface area contributed by atoms with Gasteiger partial charge >= 0.3 is 0 Å². The van der Waals surface area contributed by atoms with E-state index in [0.717, 1.165) is 19.3 Å². The van der Waals surface area contributed by atoms with Gasteiger partial charge in [0.25, 0.3) is 0 Å². The Labute approximate surface area is 191 Å². The van der Waals surface area contributed by atoms with Crippen molar-refractivity contribution in [2.75, 3.05) is 20.4 Å². The van der Waals surface area contributed by atoms with E-state index in [1.165, 1.54) is 22.3 Å². The largest absolute Gasteiger partial charge is 0.493 e. The molecule has 172 valence electrons. The van der Waals surface area contributed by atoms with Crippen LogP contribution in [0, 0.1) is 5.92 Å². The van der Waals surface area contributed by atoms with Crippen LogP contribution in [0.25, 0.3) is 0 Å². The topological polar surface area (TPSA) is 38.7 Å². The van der Waals surface area contributed by atoms with Crippen molar-refractivity contribution in [1.82, 2.24) is 0 Å². The van der Waals surface area contributed by atoms with Gasteiger partial charge in [-0.3, -0.25) is 4.39 Å². The Balaban J connectivity index is 1.79. The zero-order valence-electron chi connectivity index (χ0n) is 19.4. The van der Waals surface area contributed by atoms with Crippen molar-refractivity contribution in [3.63, 3.8) is 0 Å². The van der Waals surface area contributed by atoms with Gasteiger partial charge in [0, 0.05) is 11.8 Å². The summed E-state index contributed by atoms with van der Waals surface area (Å²) >= 11 is 0. The summed E-state index contributed by atoms with van der Waals surface area (Å²) in [5, 5.41) is 11.1. The molecule has 1 fully saturated rings. The van der Waals surface area contributed by atoms with Crippen LogP contribution in [-0.2, 0) is 11.8 Å². The molecule has 32 heavy (non-hydrogen) atoms. The van der Waals surface area contributed by atoms with E-state index in [9.17, 15) is 9.50 Å². The smallest absolute Gasteiger partial charge is 0.161 e. The molecule has 3 atom stereocenters. The maximum atomic E-state index is 12.5. The SMILES string of the molecule is COc1cc2c(cc1OCCCF)CCC1(c3ccccc3)C/C(=C\C(C)C)[C@H](O)CC21. The lowest BCUT2D eigenvalue weighted by molar-refractivity contribution is 0.117. The zero-order chi connectivity index (χ0) is 22.7. The van der Waals surface area contributed by atoms with Crippen LogP contribution in [0.2, 0.25) is 0 Å². The molecule has 2 aromatic carbocycles. The van der Waals surface area contributed by atoms with Gasteiger partial charge in [-0.1, -0.05) is 50.3 Å². The van der Waals surface area contributed by atoms with Gasteiger partial charge in [0.1, 0.15) is 0 Å². The Bertz CT molecular complexity index is 953. The minimum absolute atomic E-state index is 0.0458. The summed E-state index contributed by atoms with van der Waals surface area (Å²) in [6.45, 7) is 4.29. The van der Waals surface area contributed by atoms with Gasteiger partial charge in [-0.25, -0.2) is 0 Å². The molecule has 2 aromatic rings. The van der Waals surface area contributed by atoms with Crippen molar-refractivity contribution in [2.24, 2.45) is 5.92 Å². The van der Waals surface area contributed by atoms with Crippen LogP contribution in [0.3, 0.4) is 0 Å². The molecule has 2 aliphatic rings. The number of halogens is 1. The summed E-state index contributed by atoms with van der Waals surface area (Å²) in [5.41, 5.74) is 4.97.